The number of carbonyl (C=O) groups excluding carboxylic acids is 3. The van der Waals surface area contributed by atoms with E-state index in [0.717, 1.165) is 25.2 Å². The molecule has 6 atom stereocenters. The molecule has 12 heteroatoms. The van der Waals surface area contributed by atoms with Crippen LogP contribution in [-0.4, -0.2) is 98.1 Å². The van der Waals surface area contributed by atoms with Crippen LogP contribution < -0.4 is 0 Å². The van der Waals surface area contributed by atoms with Gasteiger partial charge in [-0.25, -0.2) is 4.79 Å². The fraction of sp³-hybridized carbons (Fsp3) is 0.667. The predicted molar refractivity (Wildman–Crippen MR) is 233 cm³/mol. The number of hydrogen-bond acceptors (Lipinski definition) is 9. The summed E-state index contributed by atoms with van der Waals surface area (Å²) in [6.45, 7) is 31.6. The van der Waals surface area contributed by atoms with Crippen molar-refractivity contribution in [2.75, 3.05) is 53.6 Å². The van der Waals surface area contributed by atoms with E-state index in [2.05, 4.69) is 111 Å². The Morgan fingerprint density at radius 2 is 1.07 bits per heavy atom. The minimum Gasteiger partial charge on any atom is -0.469 e. The van der Waals surface area contributed by atoms with Crippen LogP contribution in [0.4, 0.5) is 4.79 Å². The van der Waals surface area contributed by atoms with Gasteiger partial charge in [0.25, 0.3) is 0 Å². The molecule has 2 aromatic rings. The largest absolute Gasteiger partial charge is 0.469 e. The molecule has 2 aliphatic heterocycles. The van der Waals surface area contributed by atoms with Crippen LogP contribution in [0.25, 0.3) is 0 Å². The Kier molecular flexibility index (Phi) is 17.6. The van der Waals surface area contributed by atoms with Crippen molar-refractivity contribution in [3.8, 4) is 0 Å². The second-order valence-electron chi connectivity index (χ2n) is 19.3. The number of methoxy groups -OCH3 is 2. The van der Waals surface area contributed by atoms with E-state index in [1.807, 2.05) is 36.4 Å². The number of hydrogen-bond donors (Lipinski definition) is 0. The zero-order chi connectivity index (χ0) is 42.8. The molecule has 0 aliphatic carbocycles. The summed E-state index contributed by atoms with van der Waals surface area (Å²) in [5, 5.41) is 0.320. The van der Waals surface area contributed by atoms with E-state index in [1.54, 1.807) is 4.90 Å². The van der Waals surface area contributed by atoms with Gasteiger partial charge in [0.05, 0.1) is 26.1 Å². The van der Waals surface area contributed by atoms with Gasteiger partial charge in [-0.3, -0.25) is 14.5 Å². The Morgan fingerprint density at radius 3 is 1.51 bits per heavy atom. The molecular weight excluding hydrogens is 753 g/mol. The fourth-order valence-corrected chi connectivity index (χ4v) is 9.21. The Balaban J connectivity index is 0.000000307. The topological polar surface area (TPSA) is 104 Å². The molecule has 0 N–H and O–H groups in total. The van der Waals surface area contributed by atoms with Gasteiger partial charge in [0.2, 0.25) is 0 Å². The summed E-state index contributed by atoms with van der Waals surface area (Å²) >= 11 is 0. The monoisotopic (exact) mass is 826 g/mol. The normalized spacial score (nSPS) is 21.6. The molecule has 4 rings (SSSR count). The molecule has 4 unspecified atom stereocenters. The number of amides is 1. The maximum absolute atomic E-state index is 12.6. The number of likely N-dealkylation sites (tertiary alicyclic amines) is 2. The molecule has 0 bridgehead atoms. The van der Waals surface area contributed by atoms with Gasteiger partial charge in [-0.1, -0.05) is 116 Å². The van der Waals surface area contributed by atoms with E-state index in [9.17, 15) is 14.4 Å². The van der Waals surface area contributed by atoms with Crippen molar-refractivity contribution in [2.45, 2.75) is 105 Å². The Morgan fingerprint density at radius 1 is 0.649 bits per heavy atom. The summed E-state index contributed by atoms with van der Waals surface area (Å²) in [6, 6.07) is 20.0. The molecule has 1 amide bonds. The van der Waals surface area contributed by atoms with Crippen molar-refractivity contribution in [3.63, 3.8) is 0 Å². The van der Waals surface area contributed by atoms with Crippen LogP contribution in [0.5, 0.6) is 0 Å². The highest BCUT2D eigenvalue weighted by Crippen LogP contribution is 2.40. The number of carbonyl (C=O) groups is 3. The summed E-state index contributed by atoms with van der Waals surface area (Å²) in [4.78, 5) is 41.4. The van der Waals surface area contributed by atoms with E-state index in [4.69, 9.17) is 23.1 Å². The van der Waals surface area contributed by atoms with Gasteiger partial charge in [-0.05, 0) is 71.1 Å². The van der Waals surface area contributed by atoms with E-state index < -0.39 is 22.7 Å². The molecule has 2 aliphatic rings. The second-order valence-corrected chi connectivity index (χ2v) is 28.9. The molecule has 2 saturated heterocycles. The quantitative estimate of drug-likeness (QED) is 0.105. The molecule has 0 spiro atoms. The zero-order valence-corrected chi connectivity index (χ0v) is 39.6. The predicted octanol–water partition coefficient (Wildman–Crippen LogP) is 9.27. The van der Waals surface area contributed by atoms with Crippen LogP contribution in [-0.2, 0) is 45.8 Å². The minimum absolute atomic E-state index is 0.0218. The smallest absolute Gasteiger partial charge is 0.410 e. The Bertz CT molecular complexity index is 1560. The summed E-state index contributed by atoms with van der Waals surface area (Å²) in [7, 11) is -0.779. The van der Waals surface area contributed by atoms with Crippen molar-refractivity contribution in [1.82, 2.24) is 9.80 Å². The molecule has 320 valence electrons. The van der Waals surface area contributed by atoms with E-state index in [-0.39, 0.29) is 58.2 Å². The van der Waals surface area contributed by atoms with Crippen LogP contribution in [0.3, 0.4) is 0 Å². The maximum atomic E-state index is 12.6. The molecule has 0 radical (unpaired) electrons. The molecule has 10 nitrogen and oxygen atoms in total. The van der Waals surface area contributed by atoms with Gasteiger partial charge in [0.1, 0.15) is 6.61 Å². The lowest BCUT2D eigenvalue weighted by molar-refractivity contribution is -0.147. The van der Waals surface area contributed by atoms with Crippen LogP contribution in [0.15, 0.2) is 60.7 Å². The summed E-state index contributed by atoms with van der Waals surface area (Å²) < 4.78 is 28.4. The van der Waals surface area contributed by atoms with E-state index >= 15 is 0 Å². The van der Waals surface area contributed by atoms with Crippen molar-refractivity contribution in [3.05, 3.63) is 71.8 Å². The Hall–Kier alpha value is -3.04. The van der Waals surface area contributed by atoms with Gasteiger partial charge in [-0.15, -0.1) is 0 Å². The lowest BCUT2D eigenvalue weighted by Gasteiger charge is -2.38. The highest BCUT2D eigenvalue weighted by molar-refractivity contribution is 6.74. The standard InChI is InChI=1S/C23H37NO5Si.C22H37NO3Si/c1-17(15-29-30(6,7)23(2,3)4)19-13-24(14-20(19)21(25)27-5)22(26)28-16-18-11-9-8-10-12-18;1-17(16-26-27(6,7)22(2,3)4)19-14-23(15-20(19)21(24)25-5)13-18-11-9-8-10-12-18/h8-12,17,19-20H,13-16H2,1-7H3;8-12,17,19-20H,13-16H2,1-7H3/t2*17-,19?,20?/m00/s1. The number of esters is 2. The highest BCUT2D eigenvalue weighted by Gasteiger charge is 2.46. The average Bonchev–Trinajstić information content (AvgIpc) is 3.80. The molecule has 2 fully saturated rings. The first-order chi connectivity index (χ1) is 26.5. The zero-order valence-electron chi connectivity index (χ0n) is 37.6. The average molecular weight is 827 g/mol. The van der Waals surface area contributed by atoms with Gasteiger partial charge in [0.15, 0.2) is 16.6 Å². The van der Waals surface area contributed by atoms with Gasteiger partial charge in [-0.2, -0.15) is 0 Å². The van der Waals surface area contributed by atoms with Crippen molar-refractivity contribution < 1.29 is 37.4 Å². The lowest BCUT2D eigenvalue weighted by Crippen LogP contribution is -2.43. The number of rotatable bonds is 14. The van der Waals surface area contributed by atoms with Crippen LogP contribution in [0, 0.1) is 35.5 Å². The first kappa shape index (κ1) is 48.3. The summed E-state index contributed by atoms with van der Waals surface area (Å²) in [6.07, 6.45) is -0.396. The first-order valence-electron chi connectivity index (χ1n) is 20.7. The number of ether oxygens (including phenoxy) is 3. The third-order valence-corrected chi connectivity index (χ3v) is 22.0. The third kappa shape index (κ3) is 13.8. The second kappa shape index (κ2) is 20.8. The van der Waals surface area contributed by atoms with Crippen LogP contribution in [0.1, 0.15) is 66.5 Å². The molecular formula is C45H74N2O8Si2. The van der Waals surface area contributed by atoms with Crippen molar-refractivity contribution in [1.29, 1.82) is 0 Å². The molecule has 2 heterocycles. The first-order valence-corrected chi connectivity index (χ1v) is 26.5. The van der Waals surface area contributed by atoms with Crippen LogP contribution >= 0.6 is 0 Å². The van der Waals surface area contributed by atoms with Gasteiger partial charge < -0.3 is 28.0 Å². The third-order valence-electron chi connectivity index (χ3n) is 13.0. The van der Waals surface area contributed by atoms with Gasteiger partial charge >= 0.3 is 18.0 Å². The van der Waals surface area contributed by atoms with E-state index in [0.29, 0.717) is 32.2 Å². The van der Waals surface area contributed by atoms with Gasteiger partial charge in [0, 0.05) is 45.9 Å². The molecule has 2 aromatic carbocycles. The SMILES string of the molecule is COC(=O)C1CN(C(=O)OCc2ccccc2)CC1[C@@H](C)CO[Si](C)(C)C(C)(C)C.COC(=O)C1CN(Cc2ccccc2)CC1[C@@H](C)CO[Si](C)(C)C(C)(C)C. The maximum Gasteiger partial charge on any atom is 0.410 e. The summed E-state index contributed by atoms with van der Waals surface area (Å²) in [5.41, 5.74) is 2.22. The number of nitrogens with zero attached hydrogens (tertiary/aromatic N) is 2. The highest BCUT2D eigenvalue weighted by atomic mass is 28.4. The molecule has 0 saturated carbocycles. The lowest BCUT2D eigenvalue weighted by atomic mass is 9.85. The Labute approximate surface area is 346 Å². The van der Waals surface area contributed by atoms with Crippen LogP contribution in [0.2, 0.25) is 36.3 Å². The molecule has 0 aromatic heterocycles. The summed E-state index contributed by atoms with van der Waals surface area (Å²) in [5.74, 6) is -0.113. The fourth-order valence-electron chi connectivity index (χ4n) is 6.99. The van der Waals surface area contributed by atoms with Crippen molar-refractivity contribution in [2.24, 2.45) is 35.5 Å². The minimum atomic E-state index is -1.89. The van der Waals surface area contributed by atoms with E-state index in [1.165, 1.54) is 19.8 Å². The molecule has 57 heavy (non-hydrogen) atoms. The van der Waals surface area contributed by atoms with Crippen molar-refractivity contribution >= 4 is 34.7 Å². The number of benzene rings is 2.